The zero-order valence-electron chi connectivity index (χ0n) is 16.4. The van der Waals surface area contributed by atoms with Crippen molar-refractivity contribution in [2.75, 3.05) is 11.9 Å². The summed E-state index contributed by atoms with van der Waals surface area (Å²) in [6, 6.07) is 17.1. The minimum Gasteiger partial charge on any atom is -0.368 e. The molecule has 0 aliphatic rings. The highest BCUT2D eigenvalue weighted by Gasteiger charge is 2.19. The van der Waals surface area contributed by atoms with E-state index in [0.29, 0.717) is 10.6 Å². The van der Waals surface area contributed by atoms with E-state index in [1.54, 1.807) is 44.3 Å². The Morgan fingerprint density at radius 1 is 1.00 bits per heavy atom. The first-order chi connectivity index (χ1) is 13.4. The fraction of sp³-hybridized carbons (Fsp3) is 0.273. The molecule has 5 nitrogen and oxygen atoms in total. The van der Waals surface area contributed by atoms with E-state index in [2.05, 4.69) is 27.4 Å². The van der Waals surface area contributed by atoms with Crippen molar-refractivity contribution < 1.29 is 8.42 Å². The number of sulfone groups is 1. The molecular weight excluding hydrogens is 370 g/mol. The van der Waals surface area contributed by atoms with Gasteiger partial charge in [0.25, 0.3) is 0 Å². The van der Waals surface area contributed by atoms with Gasteiger partial charge in [-0.2, -0.15) is 0 Å². The summed E-state index contributed by atoms with van der Waals surface area (Å²) in [5.41, 5.74) is 3.64. The molecule has 0 aliphatic carbocycles. The van der Waals surface area contributed by atoms with Crippen LogP contribution in [0.15, 0.2) is 65.7 Å². The molecule has 0 atom stereocenters. The van der Waals surface area contributed by atoms with Gasteiger partial charge in [0.15, 0.2) is 9.84 Å². The Hall–Kier alpha value is -2.73. The molecular formula is C22H25N3O2S. The average Bonchev–Trinajstić information content (AvgIpc) is 2.70. The van der Waals surface area contributed by atoms with Gasteiger partial charge >= 0.3 is 0 Å². The molecule has 0 spiro atoms. The minimum atomic E-state index is -3.28. The monoisotopic (exact) mass is 395 g/mol. The summed E-state index contributed by atoms with van der Waals surface area (Å²) in [7, 11) is -3.28. The molecule has 0 saturated heterocycles. The molecule has 2 aromatic carbocycles. The number of hydrogen-bond acceptors (Lipinski definition) is 5. The molecule has 0 radical (unpaired) electrons. The summed E-state index contributed by atoms with van der Waals surface area (Å²) >= 11 is 0. The highest BCUT2D eigenvalue weighted by Crippen LogP contribution is 2.23. The van der Waals surface area contributed by atoms with Gasteiger partial charge in [-0.25, -0.2) is 13.4 Å². The first kappa shape index (κ1) is 20.0. The van der Waals surface area contributed by atoms with Crippen LogP contribution in [-0.2, 0) is 16.3 Å². The quantitative estimate of drug-likeness (QED) is 0.646. The third kappa shape index (κ3) is 4.57. The zero-order valence-corrected chi connectivity index (χ0v) is 17.2. The second-order valence-corrected chi connectivity index (χ2v) is 9.47. The Labute approximate surface area is 166 Å². The van der Waals surface area contributed by atoms with Crippen molar-refractivity contribution in [3.05, 3.63) is 72.1 Å². The van der Waals surface area contributed by atoms with Gasteiger partial charge in [-0.3, -0.25) is 4.98 Å². The Bertz CT molecular complexity index is 1030. The fourth-order valence-corrected chi connectivity index (χ4v) is 3.87. The molecule has 146 valence electrons. The molecule has 3 aromatic rings. The molecule has 1 heterocycles. The molecule has 28 heavy (non-hydrogen) atoms. The van der Waals surface area contributed by atoms with Crippen LogP contribution in [0.2, 0.25) is 0 Å². The zero-order chi connectivity index (χ0) is 20.1. The summed E-state index contributed by atoms with van der Waals surface area (Å²) in [5, 5.41) is 2.91. The van der Waals surface area contributed by atoms with Crippen molar-refractivity contribution in [3.8, 4) is 11.3 Å². The van der Waals surface area contributed by atoms with Gasteiger partial charge in [0.05, 0.1) is 27.7 Å². The largest absolute Gasteiger partial charge is 0.368 e. The number of rotatable bonds is 7. The molecule has 1 aromatic heterocycles. The topological polar surface area (TPSA) is 72.0 Å². The highest BCUT2D eigenvalue weighted by atomic mass is 32.2. The lowest BCUT2D eigenvalue weighted by molar-refractivity contribution is 0.587. The molecule has 0 aliphatic heterocycles. The Morgan fingerprint density at radius 3 is 2.32 bits per heavy atom. The van der Waals surface area contributed by atoms with E-state index in [1.165, 1.54) is 5.56 Å². The van der Waals surface area contributed by atoms with Crippen LogP contribution >= 0.6 is 0 Å². The van der Waals surface area contributed by atoms with Crippen molar-refractivity contribution in [1.29, 1.82) is 0 Å². The molecule has 0 unspecified atom stereocenters. The van der Waals surface area contributed by atoms with E-state index in [-0.39, 0.29) is 0 Å². The second-order valence-electron chi connectivity index (χ2n) is 6.97. The molecule has 6 heteroatoms. The number of aromatic nitrogens is 2. The van der Waals surface area contributed by atoms with Crippen LogP contribution in [0, 0.1) is 6.92 Å². The first-order valence-corrected chi connectivity index (χ1v) is 10.9. The summed E-state index contributed by atoms with van der Waals surface area (Å²) in [5.74, 6) is 0.743. The van der Waals surface area contributed by atoms with Gasteiger partial charge in [0, 0.05) is 12.1 Å². The molecule has 0 saturated carbocycles. The second kappa shape index (κ2) is 8.52. The standard InChI is InChI=1S/C22H25N3O2S/c1-16(2)28(26,27)20-11-9-19(10-12-20)21-15-24-17(3)22(25-21)23-14-13-18-7-5-4-6-8-18/h4-12,15-16H,13-14H2,1-3H3,(H,23,25). The summed E-state index contributed by atoms with van der Waals surface area (Å²) in [6.45, 7) is 6.04. The molecule has 0 fully saturated rings. The first-order valence-electron chi connectivity index (χ1n) is 9.33. The lowest BCUT2D eigenvalue weighted by Gasteiger charge is -2.11. The third-order valence-corrected chi connectivity index (χ3v) is 6.77. The number of hydrogen-bond donors (Lipinski definition) is 1. The van der Waals surface area contributed by atoms with Crippen molar-refractivity contribution in [1.82, 2.24) is 9.97 Å². The van der Waals surface area contributed by atoms with E-state index in [1.807, 2.05) is 25.1 Å². The Kier molecular flexibility index (Phi) is 6.09. The van der Waals surface area contributed by atoms with Crippen LogP contribution in [-0.4, -0.2) is 30.2 Å². The van der Waals surface area contributed by atoms with Crippen molar-refractivity contribution in [2.24, 2.45) is 0 Å². The Balaban J connectivity index is 1.75. The molecule has 0 amide bonds. The number of aryl methyl sites for hydroxylation is 1. The smallest absolute Gasteiger partial charge is 0.180 e. The van der Waals surface area contributed by atoms with Gasteiger partial charge in [-0.15, -0.1) is 0 Å². The summed E-state index contributed by atoms with van der Waals surface area (Å²) in [4.78, 5) is 9.44. The predicted molar refractivity (Wildman–Crippen MR) is 113 cm³/mol. The van der Waals surface area contributed by atoms with Crippen LogP contribution in [0.3, 0.4) is 0 Å². The van der Waals surface area contributed by atoms with Gasteiger partial charge in [0.2, 0.25) is 0 Å². The maximum atomic E-state index is 12.3. The lowest BCUT2D eigenvalue weighted by Crippen LogP contribution is -2.13. The number of anilines is 1. The van der Waals surface area contributed by atoms with E-state index < -0.39 is 15.1 Å². The number of nitrogens with zero attached hydrogens (tertiary/aromatic N) is 2. The summed E-state index contributed by atoms with van der Waals surface area (Å²) < 4.78 is 24.6. The van der Waals surface area contributed by atoms with Crippen LogP contribution in [0.5, 0.6) is 0 Å². The van der Waals surface area contributed by atoms with Crippen LogP contribution < -0.4 is 5.32 Å². The van der Waals surface area contributed by atoms with Crippen LogP contribution in [0.4, 0.5) is 5.82 Å². The molecule has 1 N–H and O–H groups in total. The van der Waals surface area contributed by atoms with Crippen molar-refractivity contribution in [3.63, 3.8) is 0 Å². The summed E-state index contributed by atoms with van der Waals surface area (Å²) in [6.07, 6.45) is 2.61. The predicted octanol–water partition coefficient (Wildman–Crippen LogP) is 4.29. The Morgan fingerprint density at radius 2 is 1.68 bits per heavy atom. The van der Waals surface area contributed by atoms with Crippen LogP contribution in [0.1, 0.15) is 25.1 Å². The molecule has 0 bridgehead atoms. The minimum absolute atomic E-state index is 0.326. The van der Waals surface area contributed by atoms with E-state index >= 15 is 0 Å². The number of nitrogens with one attached hydrogen (secondary N) is 1. The van der Waals surface area contributed by atoms with E-state index in [0.717, 1.165) is 30.0 Å². The van der Waals surface area contributed by atoms with Crippen LogP contribution in [0.25, 0.3) is 11.3 Å². The van der Waals surface area contributed by atoms with Gasteiger partial charge < -0.3 is 5.32 Å². The maximum Gasteiger partial charge on any atom is 0.180 e. The van der Waals surface area contributed by atoms with E-state index in [9.17, 15) is 8.42 Å². The normalized spacial score (nSPS) is 11.6. The SMILES string of the molecule is Cc1ncc(-c2ccc(S(=O)(=O)C(C)C)cc2)nc1NCCc1ccccc1. The van der Waals surface area contributed by atoms with Gasteiger partial charge in [0.1, 0.15) is 5.82 Å². The fourth-order valence-electron chi connectivity index (χ4n) is 2.81. The van der Waals surface area contributed by atoms with Gasteiger partial charge in [-0.1, -0.05) is 42.5 Å². The highest BCUT2D eigenvalue weighted by molar-refractivity contribution is 7.92. The number of benzene rings is 2. The maximum absolute atomic E-state index is 12.3. The molecule has 3 rings (SSSR count). The van der Waals surface area contributed by atoms with Gasteiger partial charge in [-0.05, 0) is 44.9 Å². The lowest BCUT2D eigenvalue weighted by atomic mass is 10.1. The van der Waals surface area contributed by atoms with Crippen molar-refractivity contribution in [2.45, 2.75) is 37.3 Å². The third-order valence-electron chi connectivity index (χ3n) is 4.60. The van der Waals surface area contributed by atoms with Crippen molar-refractivity contribution >= 4 is 15.7 Å². The van der Waals surface area contributed by atoms with E-state index in [4.69, 9.17) is 0 Å². The average molecular weight is 396 g/mol.